The number of hydrogen-bond donors (Lipinski definition) is 1. The van der Waals surface area contributed by atoms with Gasteiger partial charge in [0.1, 0.15) is 10.6 Å². The summed E-state index contributed by atoms with van der Waals surface area (Å²) in [6.45, 7) is 1.47. The number of carbonyl (C=O) groups is 1. The molecule has 1 aliphatic heterocycles. The van der Waals surface area contributed by atoms with Gasteiger partial charge < -0.3 is 10.1 Å². The Bertz CT molecular complexity index is 972. The molecule has 0 bridgehead atoms. The quantitative estimate of drug-likeness (QED) is 0.720. The molecule has 10 heteroatoms. The van der Waals surface area contributed by atoms with Gasteiger partial charge >= 0.3 is 0 Å². The van der Waals surface area contributed by atoms with E-state index in [1.165, 1.54) is 23.5 Å². The highest BCUT2D eigenvalue weighted by atomic mass is 35.5. The summed E-state index contributed by atoms with van der Waals surface area (Å²) >= 11 is 12.1. The van der Waals surface area contributed by atoms with Crippen molar-refractivity contribution in [3.8, 4) is 5.75 Å². The fourth-order valence-corrected chi connectivity index (χ4v) is 5.64. The minimum atomic E-state index is -3.81. The maximum absolute atomic E-state index is 12.9. The fourth-order valence-electron chi connectivity index (χ4n) is 3.13. The Kier molecular flexibility index (Phi) is 7.02. The number of nitrogens with one attached hydrogen (secondary N) is 1. The SMILES string of the molecule is COc1ccccc1NC(=O)CN1CCN(S(=O)(=O)c2c(Cl)cccc2Cl)CC1. The normalized spacial score (nSPS) is 15.8. The molecule has 0 unspecified atom stereocenters. The number of methoxy groups -OCH3 is 1. The van der Waals surface area contributed by atoms with Crippen LogP contribution in [-0.2, 0) is 14.8 Å². The lowest BCUT2D eigenvalue weighted by atomic mass is 10.3. The summed E-state index contributed by atoms with van der Waals surface area (Å²) in [6.07, 6.45) is 0. The first-order chi connectivity index (χ1) is 13.8. The Morgan fingerprint density at radius 3 is 2.28 bits per heavy atom. The Hall–Kier alpha value is -1.84. The Morgan fingerprint density at radius 1 is 1.03 bits per heavy atom. The van der Waals surface area contributed by atoms with Gasteiger partial charge in [-0.2, -0.15) is 4.31 Å². The van der Waals surface area contributed by atoms with Gasteiger partial charge in [0.2, 0.25) is 15.9 Å². The van der Waals surface area contributed by atoms with Crippen LogP contribution in [0.4, 0.5) is 5.69 Å². The average Bonchev–Trinajstić information content (AvgIpc) is 2.68. The topological polar surface area (TPSA) is 79.0 Å². The molecule has 1 amide bonds. The highest BCUT2D eigenvalue weighted by molar-refractivity contribution is 7.89. The van der Waals surface area contributed by atoms with Gasteiger partial charge in [0.25, 0.3) is 0 Å². The molecule has 0 saturated carbocycles. The third-order valence-corrected chi connectivity index (χ3v) is 7.45. The Balaban J connectivity index is 1.60. The van der Waals surface area contributed by atoms with E-state index in [-0.39, 0.29) is 40.5 Å². The van der Waals surface area contributed by atoms with E-state index in [2.05, 4.69) is 5.32 Å². The van der Waals surface area contributed by atoms with E-state index >= 15 is 0 Å². The molecule has 0 atom stereocenters. The van der Waals surface area contributed by atoms with E-state index in [4.69, 9.17) is 27.9 Å². The molecular formula is C19H21Cl2N3O4S. The summed E-state index contributed by atoms with van der Waals surface area (Å²) in [4.78, 5) is 14.2. The second-order valence-corrected chi connectivity index (χ2v) is 9.17. The second kappa shape index (κ2) is 9.32. The smallest absolute Gasteiger partial charge is 0.246 e. The third kappa shape index (κ3) is 5.02. The highest BCUT2D eigenvalue weighted by Gasteiger charge is 2.32. The van der Waals surface area contributed by atoms with Crippen LogP contribution < -0.4 is 10.1 Å². The van der Waals surface area contributed by atoms with Crippen LogP contribution in [0.5, 0.6) is 5.75 Å². The number of benzene rings is 2. The summed E-state index contributed by atoms with van der Waals surface area (Å²) in [5, 5.41) is 3.01. The van der Waals surface area contributed by atoms with Gasteiger partial charge in [-0.25, -0.2) is 8.42 Å². The molecule has 156 valence electrons. The lowest BCUT2D eigenvalue weighted by Gasteiger charge is -2.33. The molecule has 3 rings (SSSR count). The number of sulfonamides is 1. The van der Waals surface area contributed by atoms with E-state index in [1.54, 1.807) is 18.2 Å². The molecule has 7 nitrogen and oxygen atoms in total. The number of nitrogens with zero attached hydrogens (tertiary/aromatic N) is 2. The van der Waals surface area contributed by atoms with Gasteiger partial charge in [-0.05, 0) is 24.3 Å². The molecule has 1 saturated heterocycles. The zero-order valence-electron chi connectivity index (χ0n) is 15.8. The second-order valence-electron chi connectivity index (χ2n) is 6.48. The summed E-state index contributed by atoms with van der Waals surface area (Å²) in [5.41, 5.74) is 0.592. The maximum Gasteiger partial charge on any atom is 0.246 e. The van der Waals surface area contributed by atoms with Crippen molar-refractivity contribution in [3.05, 3.63) is 52.5 Å². The van der Waals surface area contributed by atoms with Gasteiger partial charge in [-0.15, -0.1) is 0 Å². The molecule has 0 radical (unpaired) electrons. The summed E-state index contributed by atoms with van der Waals surface area (Å²) in [7, 11) is -2.27. The van der Waals surface area contributed by atoms with E-state index < -0.39 is 10.0 Å². The predicted molar refractivity (Wildman–Crippen MR) is 113 cm³/mol. The largest absolute Gasteiger partial charge is 0.495 e. The lowest BCUT2D eigenvalue weighted by molar-refractivity contribution is -0.117. The minimum Gasteiger partial charge on any atom is -0.495 e. The van der Waals surface area contributed by atoms with Crippen molar-refractivity contribution in [2.75, 3.05) is 45.2 Å². The monoisotopic (exact) mass is 457 g/mol. The molecule has 0 aliphatic carbocycles. The molecule has 29 heavy (non-hydrogen) atoms. The van der Waals surface area contributed by atoms with E-state index in [1.807, 2.05) is 17.0 Å². The number of piperazine rings is 1. The molecule has 1 N–H and O–H groups in total. The highest BCUT2D eigenvalue weighted by Crippen LogP contribution is 2.32. The number of carbonyl (C=O) groups excluding carboxylic acids is 1. The summed E-state index contributed by atoms with van der Waals surface area (Å²) in [5.74, 6) is 0.383. The number of ether oxygens (including phenoxy) is 1. The first kappa shape index (κ1) is 21.9. The fraction of sp³-hybridized carbons (Fsp3) is 0.316. The van der Waals surface area contributed by atoms with Crippen molar-refractivity contribution in [2.45, 2.75) is 4.90 Å². The zero-order valence-corrected chi connectivity index (χ0v) is 18.1. The van der Waals surface area contributed by atoms with E-state index in [0.717, 1.165) is 0 Å². The first-order valence-electron chi connectivity index (χ1n) is 8.92. The molecule has 1 aliphatic rings. The Morgan fingerprint density at radius 2 is 1.66 bits per heavy atom. The van der Waals surface area contributed by atoms with Crippen LogP contribution >= 0.6 is 23.2 Å². The van der Waals surface area contributed by atoms with Crippen molar-refractivity contribution in [2.24, 2.45) is 0 Å². The predicted octanol–water partition coefficient (Wildman–Crippen LogP) is 2.95. The van der Waals surface area contributed by atoms with Crippen LogP contribution in [0.25, 0.3) is 0 Å². The van der Waals surface area contributed by atoms with Gasteiger partial charge in [0.15, 0.2) is 0 Å². The van der Waals surface area contributed by atoms with Gasteiger partial charge in [0.05, 0.1) is 29.4 Å². The number of amides is 1. The first-order valence-corrected chi connectivity index (χ1v) is 11.1. The third-order valence-electron chi connectivity index (χ3n) is 4.60. The number of hydrogen-bond acceptors (Lipinski definition) is 5. The van der Waals surface area contributed by atoms with Crippen molar-refractivity contribution in [3.63, 3.8) is 0 Å². The molecule has 1 fully saturated rings. The maximum atomic E-state index is 12.9. The Labute approximate surface area is 180 Å². The van der Waals surface area contributed by atoms with Crippen molar-refractivity contribution in [1.82, 2.24) is 9.21 Å². The standard InChI is InChI=1S/C19H21Cl2N3O4S/c1-28-17-8-3-2-7-16(17)22-18(25)13-23-9-11-24(12-10-23)29(26,27)19-14(20)5-4-6-15(19)21/h2-8H,9-13H2,1H3,(H,22,25). The minimum absolute atomic E-state index is 0.0781. The molecule has 0 spiro atoms. The average molecular weight is 458 g/mol. The van der Waals surface area contributed by atoms with Gasteiger partial charge in [-0.1, -0.05) is 41.4 Å². The van der Waals surface area contributed by atoms with E-state index in [9.17, 15) is 13.2 Å². The van der Waals surface area contributed by atoms with Crippen molar-refractivity contribution >= 4 is 44.8 Å². The van der Waals surface area contributed by atoms with Crippen LogP contribution in [0.1, 0.15) is 0 Å². The number of rotatable bonds is 6. The molecule has 1 heterocycles. The molecule has 2 aromatic rings. The van der Waals surface area contributed by atoms with Crippen LogP contribution in [0.3, 0.4) is 0 Å². The number of halogens is 2. The van der Waals surface area contributed by atoms with Crippen LogP contribution in [0.2, 0.25) is 10.0 Å². The van der Waals surface area contributed by atoms with Gasteiger partial charge in [-0.3, -0.25) is 9.69 Å². The lowest BCUT2D eigenvalue weighted by Crippen LogP contribution is -2.50. The van der Waals surface area contributed by atoms with Crippen molar-refractivity contribution < 1.29 is 17.9 Å². The van der Waals surface area contributed by atoms with Gasteiger partial charge in [0, 0.05) is 26.2 Å². The summed E-state index contributed by atoms with van der Waals surface area (Å²) in [6, 6.07) is 11.7. The van der Waals surface area contributed by atoms with Crippen LogP contribution in [-0.4, -0.2) is 63.4 Å². The molecule has 0 aromatic heterocycles. The van der Waals surface area contributed by atoms with E-state index in [0.29, 0.717) is 24.5 Å². The van der Waals surface area contributed by atoms with Crippen molar-refractivity contribution in [1.29, 1.82) is 0 Å². The van der Waals surface area contributed by atoms with Crippen LogP contribution in [0.15, 0.2) is 47.4 Å². The number of anilines is 1. The zero-order chi connectivity index (χ0) is 21.0. The molecule has 2 aromatic carbocycles. The number of para-hydroxylation sites is 2. The van der Waals surface area contributed by atoms with Crippen LogP contribution in [0, 0.1) is 0 Å². The summed E-state index contributed by atoms with van der Waals surface area (Å²) < 4.78 is 32.4. The molecular weight excluding hydrogens is 437 g/mol.